The smallest absolute Gasteiger partial charge is 0.118 e. The number of hydrogen-bond donors (Lipinski definition) is 0. The van der Waals surface area contributed by atoms with Crippen LogP contribution in [0.1, 0.15) is 0 Å². The molecule has 1 unspecified atom stereocenters. The van der Waals surface area contributed by atoms with Crippen LogP contribution in [0.15, 0.2) is 30.3 Å². The topological polar surface area (TPSA) is 25.0 Å². The van der Waals surface area contributed by atoms with E-state index in [1.807, 2.05) is 18.2 Å². The summed E-state index contributed by atoms with van der Waals surface area (Å²) < 4.78 is 10.4. The molecule has 1 fully saturated rings. The van der Waals surface area contributed by atoms with Crippen LogP contribution < -0.4 is 4.90 Å². The molecule has 1 saturated heterocycles. The van der Waals surface area contributed by atoms with Crippen LogP contribution in [0.3, 0.4) is 0 Å². The Kier molecular flexibility index (Phi) is 3.01. The number of anilines is 1. The van der Waals surface area contributed by atoms with Gasteiger partial charge in [-0.05, 0) is 12.1 Å². The van der Waals surface area contributed by atoms with E-state index < -0.39 is 0 Å². The molecule has 0 radical (unpaired) electrons. The maximum Gasteiger partial charge on any atom is 0.118 e. The summed E-state index contributed by atoms with van der Waals surface area (Å²) in [7, 11) is 1.71. The van der Waals surface area contributed by atoms with Crippen LogP contribution in [-0.4, -0.2) is 33.1 Å². The van der Waals surface area contributed by atoms with Gasteiger partial charge in [0.05, 0.1) is 12.7 Å². The van der Waals surface area contributed by atoms with Crippen LogP contribution in [0, 0.1) is 0 Å². The number of para-hydroxylation sites is 1. The van der Waals surface area contributed by atoms with Gasteiger partial charge in [-0.15, -0.1) is 0 Å². The predicted octanol–water partition coefficient (Wildman–Crippen LogP) is 1.50. The molecule has 3 heteroatoms. The van der Waals surface area contributed by atoms with Gasteiger partial charge in [0.2, 0.25) is 0 Å². The third-order valence-electron chi connectivity index (χ3n) is 2.23. The van der Waals surface area contributed by atoms with Crippen LogP contribution in [0.4, 0.5) is 5.69 Å². The summed E-state index contributed by atoms with van der Waals surface area (Å²) in [6.45, 7) is 2.41. The first-order valence-corrected chi connectivity index (χ1v) is 4.80. The van der Waals surface area contributed by atoms with Gasteiger partial charge in [-0.1, -0.05) is 18.2 Å². The van der Waals surface area contributed by atoms with E-state index >= 15 is 0 Å². The first-order valence-electron chi connectivity index (χ1n) is 4.80. The molecule has 14 heavy (non-hydrogen) atoms. The fourth-order valence-corrected chi connectivity index (χ4v) is 1.45. The zero-order valence-corrected chi connectivity index (χ0v) is 8.35. The van der Waals surface area contributed by atoms with Gasteiger partial charge in [0, 0.05) is 19.3 Å². The molecule has 3 nitrogen and oxygen atoms in total. The summed E-state index contributed by atoms with van der Waals surface area (Å²) in [5, 5.41) is 0. The molecule has 1 heterocycles. The van der Waals surface area contributed by atoms with Crippen LogP contribution in [0.2, 0.25) is 0 Å². The van der Waals surface area contributed by atoms with Crippen molar-refractivity contribution in [1.82, 2.24) is 0 Å². The third kappa shape index (κ3) is 2.47. The quantitative estimate of drug-likeness (QED) is 0.523. The van der Waals surface area contributed by atoms with E-state index in [9.17, 15) is 0 Å². The molecule has 0 saturated carbocycles. The number of benzene rings is 1. The normalized spacial score (nSPS) is 19.4. The molecule has 2 rings (SSSR count). The van der Waals surface area contributed by atoms with Crippen molar-refractivity contribution >= 4 is 5.69 Å². The van der Waals surface area contributed by atoms with Crippen LogP contribution in [0.25, 0.3) is 0 Å². The lowest BCUT2D eigenvalue weighted by Crippen LogP contribution is -2.29. The highest BCUT2D eigenvalue weighted by Crippen LogP contribution is 2.18. The lowest BCUT2D eigenvalue weighted by atomic mass is 10.3. The number of methoxy groups -OCH3 is 1. The Morgan fingerprint density at radius 3 is 2.71 bits per heavy atom. The molecular weight excluding hydrogens is 178 g/mol. The lowest BCUT2D eigenvalue weighted by Gasteiger charge is -2.22. The van der Waals surface area contributed by atoms with Gasteiger partial charge >= 0.3 is 0 Å². The van der Waals surface area contributed by atoms with Gasteiger partial charge in [-0.25, -0.2) is 0 Å². The Morgan fingerprint density at radius 1 is 1.43 bits per heavy atom. The minimum absolute atomic E-state index is 0.394. The first-order chi connectivity index (χ1) is 6.90. The summed E-state index contributed by atoms with van der Waals surface area (Å²) in [5.41, 5.74) is 1.19. The highest BCUT2D eigenvalue weighted by atomic mass is 16.6. The van der Waals surface area contributed by atoms with E-state index in [-0.39, 0.29) is 0 Å². The van der Waals surface area contributed by atoms with Crippen molar-refractivity contribution in [2.75, 3.05) is 31.9 Å². The van der Waals surface area contributed by atoms with Gasteiger partial charge in [0.15, 0.2) is 0 Å². The summed E-state index contributed by atoms with van der Waals surface area (Å²) in [4.78, 5) is 2.18. The maximum absolute atomic E-state index is 5.21. The molecule has 0 amide bonds. The fourth-order valence-electron chi connectivity index (χ4n) is 1.45. The van der Waals surface area contributed by atoms with Gasteiger partial charge in [0.1, 0.15) is 6.73 Å². The van der Waals surface area contributed by atoms with E-state index in [0.29, 0.717) is 12.8 Å². The molecule has 1 aromatic carbocycles. The predicted molar refractivity (Wildman–Crippen MR) is 55.4 cm³/mol. The second-order valence-electron chi connectivity index (χ2n) is 3.43. The fraction of sp³-hybridized carbons (Fsp3) is 0.455. The van der Waals surface area contributed by atoms with Crippen LogP contribution in [-0.2, 0) is 9.47 Å². The number of hydrogen-bond acceptors (Lipinski definition) is 3. The number of rotatable bonds is 5. The summed E-state index contributed by atoms with van der Waals surface area (Å²) in [6, 6.07) is 10.3. The SMILES string of the molecule is COCN(CC1CO1)c1ccccc1. The molecule has 1 aliphatic rings. The summed E-state index contributed by atoms with van der Waals surface area (Å²) in [5.74, 6) is 0. The van der Waals surface area contributed by atoms with Crippen molar-refractivity contribution in [2.45, 2.75) is 6.10 Å². The highest BCUT2D eigenvalue weighted by Gasteiger charge is 2.25. The van der Waals surface area contributed by atoms with Gasteiger partial charge in [-0.3, -0.25) is 0 Å². The second-order valence-corrected chi connectivity index (χ2v) is 3.43. The Hall–Kier alpha value is -1.06. The summed E-state index contributed by atoms with van der Waals surface area (Å²) in [6.07, 6.45) is 0.394. The molecule has 0 N–H and O–H groups in total. The molecule has 76 valence electrons. The Bertz CT molecular complexity index is 272. The van der Waals surface area contributed by atoms with Crippen molar-refractivity contribution in [3.8, 4) is 0 Å². The third-order valence-corrected chi connectivity index (χ3v) is 2.23. The van der Waals surface area contributed by atoms with E-state index in [2.05, 4.69) is 17.0 Å². The van der Waals surface area contributed by atoms with Gasteiger partial charge in [0.25, 0.3) is 0 Å². The Balaban J connectivity index is 2.01. The molecule has 0 aliphatic carbocycles. The molecule has 0 spiro atoms. The molecule has 1 aromatic rings. The van der Waals surface area contributed by atoms with Crippen molar-refractivity contribution in [1.29, 1.82) is 0 Å². The average molecular weight is 193 g/mol. The lowest BCUT2D eigenvalue weighted by molar-refractivity contribution is 0.195. The van der Waals surface area contributed by atoms with E-state index in [1.165, 1.54) is 5.69 Å². The molecule has 1 aliphatic heterocycles. The van der Waals surface area contributed by atoms with Crippen molar-refractivity contribution < 1.29 is 9.47 Å². The van der Waals surface area contributed by atoms with Gasteiger partial charge in [-0.2, -0.15) is 0 Å². The van der Waals surface area contributed by atoms with Crippen molar-refractivity contribution in [3.05, 3.63) is 30.3 Å². The molecule has 1 atom stereocenters. The highest BCUT2D eigenvalue weighted by molar-refractivity contribution is 5.45. The molecule has 0 bridgehead atoms. The van der Waals surface area contributed by atoms with Gasteiger partial charge < -0.3 is 14.4 Å². The van der Waals surface area contributed by atoms with E-state index in [1.54, 1.807) is 7.11 Å². The molecular formula is C11H15NO2. The van der Waals surface area contributed by atoms with E-state index in [4.69, 9.17) is 9.47 Å². The minimum atomic E-state index is 0.394. The average Bonchev–Trinajstić information content (AvgIpc) is 3.03. The molecule has 0 aromatic heterocycles. The standard InChI is InChI=1S/C11H15NO2/c1-13-9-12(7-11-8-14-11)10-5-3-2-4-6-10/h2-6,11H,7-9H2,1H3. The first kappa shape index (κ1) is 9.49. The maximum atomic E-state index is 5.21. The Morgan fingerprint density at radius 2 is 2.14 bits per heavy atom. The zero-order valence-electron chi connectivity index (χ0n) is 8.35. The number of epoxide rings is 1. The largest absolute Gasteiger partial charge is 0.371 e. The van der Waals surface area contributed by atoms with Crippen LogP contribution in [0.5, 0.6) is 0 Å². The number of ether oxygens (including phenoxy) is 2. The Labute approximate surface area is 84.2 Å². The monoisotopic (exact) mass is 193 g/mol. The number of nitrogens with zero attached hydrogens (tertiary/aromatic N) is 1. The van der Waals surface area contributed by atoms with Crippen molar-refractivity contribution in [3.63, 3.8) is 0 Å². The zero-order chi connectivity index (χ0) is 9.80. The minimum Gasteiger partial charge on any atom is -0.371 e. The summed E-state index contributed by atoms with van der Waals surface area (Å²) >= 11 is 0. The van der Waals surface area contributed by atoms with Crippen molar-refractivity contribution in [2.24, 2.45) is 0 Å². The van der Waals surface area contributed by atoms with E-state index in [0.717, 1.165) is 13.2 Å². The second kappa shape index (κ2) is 4.44. The van der Waals surface area contributed by atoms with Crippen LogP contribution >= 0.6 is 0 Å².